The van der Waals surface area contributed by atoms with Crippen LogP contribution in [0.2, 0.25) is 0 Å². The molecule has 2 aromatic rings. The van der Waals surface area contributed by atoms with Crippen LogP contribution in [0.5, 0.6) is 0 Å². The molecule has 1 heterocycles. The number of nitrogen functional groups attached to an aromatic ring is 1. The van der Waals surface area contributed by atoms with Crippen LogP contribution in [0.15, 0.2) is 24.3 Å². The van der Waals surface area contributed by atoms with Crippen LogP contribution in [0.4, 0.5) is 5.82 Å². The molecule has 0 bridgehead atoms. The fourth-order valence-electron chi connectivity index (χ4n) is 2.80. The molecule has 3 rings (SSSR count). The SMILES string of the molecule is CCc1ccc(-c2nc(C3CC3)n(CC(C)C)c2N)cc1. The molecule has 0 amide bonds. The van der Waals surface area contributed by atoms with Crippen molar-refractivity contribution in [2.24, 2.45) is 5.92 Å². The van der Waals surface area contributed by atoms with Gasteiger partial charge >= 0.3 is 0 Å². The van der Waals surface area contributed by atoms with Gasteiger partial charge in [0.05, 0.1) is 0 Å². The van der Waals surface area contributed by atoms with Crippen LogP contribution in [-0.4, -0.2) is 9.55 Å². The number of benzene rings is 1. The average Bonchev–Trinajstić information content (AvgIpc) is 3.26. The third kappa shape index (κ3) is 2.82. The molecule has 1 aromatic carbocycles. The lowest BCUT2D eigenvalue weighted by Gasteiger charge is -2.11. The highest BCUT2D eigenvalue weighted by molar-refractivity contribution is 5.71. The molecule has 1 aliphatic carbocycles. The number of nitrogens with two attached hydrogens (primary N) is 1. The summed E-state index contributed by atoms with van der Waals surface area (Å²) in [5.74, 6) is 3.22. The minimum Gasteiger partial charge on any atom is -0.383 e. The van der Waals surface area contributed by atoms with Crippen molar-refractivity contribution in [1.29, 1.82) is 0 Å². The van der Waals surface area contributed by atoms with Crippen LogP contribution in [0.1, 0.15) is 50.9 Å². The lowest BCUT2D eigenvalue weighted by atomic mass is 10.1. The van der Waals surface area contributed by atoms with Crippen molar-refractivity contribution < 1.29 is 0 Å². The van der Waals surface area contributed by atoms with Gasteiger partial charge in [0.1, 0.15) is 17.3 Å². The summed E-state index contributed by atoms with van der Waals surface area (Å²) >= 11 is 0. The monoisotopic (exact) mass is 283 g/mol. The Bertz CT molecular complexity index is 619. The molecule has 1 aliphatic rings. The smallest absolute Gasteiger partial charge is 0.131 e. The summed E-state index contributed by atoms with van der Waals surface area (Å²) in [6.45, 7) is 7.58. The van der Waals surface area contributed by atoms with Crippen molar-refractivity contribution in [2.75, 3.05) is 5.73 Å². The largest absolute Gasteiger partial charge is 0.383 e. The number of nitrogens with zero attached hydrogens (tertiary/aromatic N) is 2. The van der Waals surface area contributed by atoms with Crippen LogP contribution >= 0.6 is 0 Å². The Morgan fingerprint density at radius 3 is 2.43 bits per heavy atom. The lowest BCUT2D eigenvalue weighted by Crippen LogP contribution is -2.10. The van der Waals surface area contributed by atoms with Crippen molar-refractivity contribution >= 4 is 5.82 Å². The molecule has 0 spiro atoms. The molecule has 0 saturated heterocycles. The average molecular weight is 283 g/mol. The van der Waals surface area contributed by atoms with Crippen molar-refractivity contribution in [3.63, 3.8) is 0 Å². The number of imidazole rings is 1. The third-order valence-corrected chi connectivity index (χ3v) is 4.16. The van der Waals surface area contributed by atoms with Crippen LogP contribution < -0.4 is 5.73 Å². The summed E-state index contributed by atoms with van der Waals surface area (Å²) in [5, 5.41) is 0. The van der Waals surface area contributed by atoms with E-state index in [2.05, 4.69) is 49.6 Å². The minimum atomic E-state index is 0.578. The first-order chi connectivity index (χ1) is 10.1. The number of hydrogen-bond acceptors (Lipinski definition) is 2. The predicted octanol–water partition coefficient (Wildman–Crippen LogP) is 4.23. The third-order valence-electron chi connectivity index (χ3n) is 4.16. The Balaban J connectivity index is 2.01. The number of hydrogen-bond donors (Lipinski definition) is 1. The van der Waals surface area contributed by atoms with E-state index in [9.17, 15) is 0 Å². The molecule has 0 aliphatic heterocycles. The fourth-order valence-corrected chi connectivity index (χ4v) is 2.80. The molecule has 2 N–H and O–H groups in total. The molecule has 0 unspecified atom stereocenters. The van der Waals surface area contributed by atoms with Crippen LogP contribution in [0, 0.1) is 5.92 Å². The van der Waals surface area contributed by atoms with Gasteiger partial charge < -0.3 is 10.3 Å². The van der Waals surface area contributed by atoms with E-state index in [1.165, 1.54) is 24.2 Å². The molecule has 3 heteroatoms. The zero-order valence-corrected chi connectivity index (χ0v) is 13.3. The first-order valence-electron chi connectivity index (χ1n) is 8.05. The Hall–Kier alpha value is -1.77. The van der Waals surface area contributed by atoms with Gasteiger partial charge in [-0.1, -0.05) is 45.0 Å². The molecule has 1 aromatic heterocycles. The van der Waals surface area contributed by atoms with Crippen LogP contribution in [-0.2, 0) is 13.0 Å². The number of aryl methyl sites for hydroxylation is 1. The van der Waals surface area contributed by atoms with Crippen molar-refractivity contribution in [1.82, 2.24) is 9.55 Å². The second-order valence-electron chi connectivity index (χ2n) is 6.53. The number of rotatable bonds is 5. The van der Waals surface area contributed by atoms with Crippen LogP contribution in [0.3, 0.4) is 0 Å². The Kier molecular flexibility index (Phi) is 3.75. The maximum atomic E-state index is 6.42. The first kappa shape index (κ1) is 14.2. The van der Waals surface area contributed by atoms with E-state index >= 15 is 0 Å². The summed E-state index contributed by atoms with van der Waals surface area (Å²) < 4.78 is 2.24. The summed E-state index contributed by atoms with van der Waals surface area (Å²) in [5.41, 5.74) is 9.86. The summed E-state index contributed by atoms with van der Waals surface area (Å²) in [6, 6.07) is 8.64. The highest BCUT2D eigenvalue weighted by atomic mass is 15.2. The highest BCUT2D eigenvalue weighted by Gasteiger charge is 2.31. The maximum absolute atomic E-state index is 6.42. The Morgan fingerprint density at radius 1 is 1.24 bits per heavy atom. The summed E-state index contributed by atoms with van der Waals surface area (Å²) in [4.78, 5) is 4.89. The fraction of sp³-hybridized carbons (Fsp3) is 0.500. The maximum Gasteiger partial charge on any atom is 0.131 e. The Labute approximate surface area is 127 Å². The van der Waals surface area contributed by atoms with Crippen molar-refractivity contribution in [3.05, 3.63) is 35.7 Å². The second kappa shape index (κ2) is 5.55. The molecular formula is C18H25N3. The predicted molar refractivity (Wildman–Crippen MR) is 88.3 cm³/mol. The molecular weight excluding hydrogens is 258 g/mol. The number of aromatic nitrogens is 2. The van der Waals surface area contributed by atoms with Crippen molar-refractivity contribution in [2.45, 2.75) is 52.5 Å². The van der Waals surface area contributed by atoms with Crippen LogP contribution in [0.25, 0.3) is 11.3 Å². The molecule has 0 radical (unpaired) electrons. The molecule has 1 fully saturated rings. The highest BCUT2D eigenvalue weighted by Crippen LogP contribution is 2.42. The van der Waals surface area contributed by atoms with Gasteiger partial charge in [0.25, 0.3) is 0 Å². The quantitative estimate of drug-likeness (QED) is 0.892. The molecule has 1 saturated carbocycles. The van der Waals surface area contributed by atoms with Gasteiger partial charge in [0.15, 0.2) is 0 Å². The van der Waals surface area contributed by atoms with E-state index in [1.54, 1.807) is 0 Å². The van der Waals surface area contributed by atoms with Crippen molar-refractivity contribution in [3.8, 4) is 11.3 Å². The van der Waals surface area contributed by atoms with Gasteiger partial charge in [-0.05, 0) is 30.7 Å². The summed E-state index contributed by atoms with van der Waals surface area (Å²) in [7, 11) is 0. The molecule has 0 atom stereocenters. The van der Waals surface area contributed by atoms with E-state index < -0.39 is 0 Å². The molecule has 112 valence electrons. The number of anilines is 1. The molecule has 3 nitrogen and oxygen atoms in total. The second-order valence-corrected chi connectivity index (χ2v) is 6.53. The van der Waals surface area contributed by atoms with Gasteiger partial charge in [-0.2, -0.15) is 0 Å². The summed E-state index contributed by atoms with van der Waals surface area (Å²) in [6.07, 6.45) is 3.57. The van der Waals surface area contributed by atoms with E-state index in [0.29, 0.717) is 11.8 Å². The normalized spacial score (nSPS) is 14.9. The van der Waals surface area contributed by atoms with Gasteiger partial charge in [0.2, 0.25) is 0 Å². The van der Waals surface area contributed by atoms with Gasteiger partial charge in [-0.3, -0.25) is 0 Å². The van der Waals surface area contributed by atoms with E-state index in [1.807, 2.05) is 0 Å². The standard InChI is InChI=1S/C18H25N3/c1-4-13-5-7-14(8-6-13)16-17(19)21(11-12(2)3)18(20-16)15-9-10-15/h5-8,12,15H,4,9-11,19H2,1-3H3. The van der Waals surface area contributed by atoms with E-state index in [4.69, 9.17) is 10.7 Å². The minimum absolute atomic E-state index is 0.578. The van der Waals surface area contributed by atoms with Gasteiger partial charge in [-0.25, -0.2) is 4.98 Å². The lowest BCUT2D eigenvalue weighted by molar-refractivity contribution is 0.512. The first-order valence-corrected chi connectivity index (χ1v) is 8.05. The molecule has 21 heavy (non-hydrogen) atoms. The topological polar surface area (TPSA) is 43.8 Å². The van der Waals surface area contributed by atoms with E-state index in [0.717, 1.165) is 30.0 Å². The zero-order valence-electron chi connectivity index (χ0n) is 13.3. The Morgan fingerprint density at radius 2 is 1.90 bits per heavy atom. The van der Waals surface area contributed by atoms with Gasteiger partial charge in [-0.15, -0.1) is 0 Å². The zero-order chi connectivity index (χ0) is 15.0. The van der Waals surface area contributed by atoms with Gasteiger partial charge in [0, 0.05) is 18.0 Å². The van der Waals surface area contributed by atoms with E-state index in [-0.39, 0.29) is 0 Å².